The van der Waals surface area contributed by atoms with Crippen LogP contribution in [0.4, 0.5) is 5.13 Å². The molecule has 5 heteroatoms. The number of thiazole rings is 1. The van der Waals surface area contributed by atoms with E-state index >= 15 is 0 Å². The Morgan fingerprint density at radius 3 is 2.71 bits per heavy atom. The third-order valence-corrected chi connectivity index (χ3v) is 4.10. The third kappa shape index (κ3) is 3.70. The predicted molar refractivity (Wildman–Crippen MR) is 70.1 cm³/mol. The lowest BCUT2D eigenvalue weighted by Gasteiger charge is -2.14. The van der Waals surface area contributed by atoms with Crippen LogP contribution in [-0.4, -0.2) is 17.4 Å². The zero-order valence-corrected chi connectivity index (χ0v) is 10.8. The minimum atomic E-state index is -0.0385. The molecule has 1 amide bonds. The molecular weight excluding hydrogens is 234 g/mol. The van der Waals surface area contributed by atoms with E-state index in [1.165, 1.54) is 49.9 Å². The highest BCUT2D eigenvalue weighted by Crippen LogP contribution is 2.22. The number of anilines is 1. The lowest BCUT2D eigenvalue weighted by Crippen LogP contribution is -2.28. The molecule has 1 heterocycles. The van der Waals surface area contributed by atoms with E-state index in [1.807, 2.05) is 0 Å². The number of nitrogens with one attached hydrogen (secondary N) is 1. The molecule has 1 aromatic heterocycles. The van der Waals surface area contributed by atoms with Crippen molar-refractivity contribution in [2.45, 2.75) is 38.5 Å². The van der Waals surface area contributed by atoms with Crippen LogP contribution in [-0.2, 0) is 0 Å². The van der Waals surface area contributed by atoms with Gasteiger partial charge in [0.15, 0.2) is 5.13 Å². The highest BCUT2D eigenvalue weighted by atomic mass is 32.1. The first-order chi connectivity index (χ1) is 8.25. The van der Waals surface area contributed by atoms with Crippen LogP contribution >= 0.6 is 11.3 Å². The van der Waals surface area contributed by atoms with Gasteiger partial charge in [0.2, 0.25) is 0 Å². The van der Waals surface area contributed by atoms with Crippen LogP contribution in [0.15, 0.2) is 6.20 Å². The van der Waals surface area contributed by atoms with Crippen LogP contribution in [0.3, 0.4) is 0 Å². The van der Waals surface area contributed by atoms with Gasteiger partial charge in [-0.05, 0) is 18.8 Å². The van der Waals surface area contributed by atoms with Gasteiger partial charge in [-0.1, -0.05) is 37.0 Å². The zero-order chi connectivity index (χ0) is 12.1. The van der Waals surface area contributed by atoms with E-state index < -0.39 is 0 Å². The molecule has 2 rings (SSSR count). The molecule has 0 radical (unpaired) electrons. The summed E-state index contributed by atoms with van der Waals surface area (Å²) in [6, 6.07) is 0. The molecule has 1 saturated carbocycles. The van der Waals surface area contributed by atoms with Crippen LogP contribution in [0.25, 0.3) is 0 Å². The number of nitrogens with two attached hydrogens (primary N) is 1. The van der Waals surface area contributed by atoms with Crippen molar-refractivity contribution < 1.29 is 4.79 Å². The maximum atomic E-state index is 11.8. The molecule has 0 atom stereocenters. The topological polar surface area (TPSA) is 68.0 Å². The fraction of sp³-hybridized carbons (Fsp3) is 0.667. The van der Waals surface area contributed by atoms with Crippen molar-refractivity contribution in [3.05, 3.63) is 11.1 Å². The van der Waals surface area contributed by atoms with Crippen molar-refractivity contribution in [2.75, 3.05) is 12.3 Å². The van der Waals surface area contributed by atoms with E-state index in [0.29, 0.717) is 15.9 Å². The first-order valence-corrected chi connectivity index (χ1v) is 7.07. The molecule has 17 heavy (non-hydrogen) atoms. The summed E-state index contributed by atoms with van der Waals surface area (Å²) < 4.78 is 0. The second-order valence-corrected chi connectivity index (χ2v) is 5.69. The van der Waals surface area contributed by atoms with Gasteiger partial charge in [0.05, 0.1) is 6.20 Å². The zero-order valence-electron chi connectivity index (χ0n) is 9.95. The van der Waals surface area contributed by atoms with Crippen LogP contribution in [0.1, 0.15) is 48.2 Å². The maximum Gasteiger partial charge on any atom is 0.263 e. The number of carbonyl (C=O) groups excluding carboxylic acids is 1. The molecule has 1 fully saturated rings. The summed E-state index contributed by atoms with van der Waals surface area (Å²) in [7, 11) is 0. The minimum absolute atomic E-state index is 0.0385. The van der Waals surface area contributed by atoms with Crippen LogP contribution in [0.5, 0.6) is 0 Å². The number of nitrogen functional groups attached to an aromatic ring is 1. The molecule has 94 valence electrons. The molecule has 3 N–H and O–H groups in total. The summed E-state index contributed by atoms with van der Waals surface area (Å²) in [6.07, 6.45) is 9.31. The van der Waals surface area contributed by atoms with Gasteiger partial charge < -0.3 is 11.1 Å². The van der Waals surface area contributed by atoms with Gasteiger partial charge in [-0.15, -0.1) is 0 Å². The molecule has 1 aromatic rings. The SMILES string of the molecule is Nc1ncc(C(=O)NCC2CCCCCC2)s1. The number of amides is 1. The van der Waals surface area contributed by atoms with Gasteiger partial charge in [-0.25, -0.2) is 4.98 Å². The summed E-state index contributed by atoms with van der Waals surface area (Å²) >= 11 is 1.24. The fourth-order valence-corrected chi connectivity index (χ4v) is 2.89. The highest BCUT2D eigenvalue weighted by molar-refractivity contribution is 7.17. The summed E-state index contributed by atoms with van der Waals surface area (Å²) in [6.45, 7) is 0.788. The van der Waals surface area contributed by atoms with Crippen molar-refractivity contribution in [1.29, 1.82) is 0 Å². The number of aromatic nitrogens is 1. The van der Waals surface area contributed by atoms with E-state index in [0.717, 1.165) is 6.54 Å². The predicted octanol–water partition coefficient (Wildman–Crippen LogP) is 2.43. The van der Waals surface area contributed by atoms with Crippen LogP contribution in [0, 0.1) is 5.92 Å². The minimum Gasteiger partial charge on any atom is -0.375 e. The average molecular weight is 253 g/mol. The molecule has 0 spiro atoms. The Labute approximate surface area is 106 Å². The third-order valence-electron chi connectivity index (χ3n) is 3.27. The maximum absolute atomic E-state index is 11.8. The quantitative estimate of drug-likeness (QED) is 0.813. The molecular formula is C12H19N3OS. The average Bonchev–Trinajstić information content (AvgIpc) is 2.61. The van der Waals surface area contributed by atoms with Gasteiger partial charge in [0.25, 0.3) is 5.91 Å². The molecule has 0 unspecified atom stereocenters. The summed E-state index contributed by atoms with van der Waals surface area (Å²) in [5, 5.41) is 3.43. The van der Waals surface area contributed by atoms with E-state index in [4.69, 9.17) is 5.73 Å². The van der Waals surface area contributed by atoms with Crippen molar-refractivity contribution in [1.82, 2.24) is 10.3 Å². The normalized spacial score (nSPS) is 17.6. The van der Waals surface area contributed by atoms with E-state index in [1.54, 1.807) is 6.20 Å². The smallest absolute Gasteiger partial charge is 0.263 e. The molecule has 0 bridgehead atoms. The molecule has 0 saturated heterocycles. The van der Waals surface area contributed by atoms with Gasteiger partial charge in [0, 0.05) is 6.54 Å². The number of rotatable bonds is 3. The van der Waals surface area contributed by atoms with Crippen molar-refractivity contribution >= 4 is 22.4 Å². The summed E-state index contributed by atoms with van der Waals surface area (Å²) in [4.78, 5) is 16.3. The van der Waals surface area contributed by atoms with E-state index in [9.17, 15) is 4.79 Å². The monoisotopic (exact) mass is 253 g/mol. The first-order valence-electron chi connectivity index (χ1n) is 6.25. The molecule has 0 aromatic carbocycles. The second-order valence-electron chi connectivity index (χ2n) is 4.63. The van der Waals surface area contributed by atoms with Crippen molar-refractivity contribution in [3.63, 3.8) is 0 Å². The Bertz CT molecular complexity index is 370. The number of nitrogens with zero attached hydrogens (tertiary/aromatic N) is 1. The fourth-order valence-electron chi connectivity index (χ4n) is 2.28. The van der Waals surface area contributed by atoms with Gasteiger partial charge >= 0.3 is 0 Å². The Morgan fingerprint density at radius 1 is 1.41 bits per heavy atom. The Morgan fingerprint density at radius 2 is 2.12 bits per heavy atom. The lowest BCUT2D eigenvalue weighted by atomic mass is 10.0. The van der Waals surface area contributed by atoms with Crippen LogP contribution in [0.2, 0.25) is 0 Å². The Kier molecular flexibility index (Phi) is 4.36. The van der Waals surface area contributed by atoms with E-state index in [2.05, 4.69) is 10.3 Å². The Hall–Kier alpha value is -1.10. The molecule has 4 nitrogen and oxygen atoms in total. The van der Waals surface area contributed by atoms with E-state index in [-0.39, 0.29) is 5.91 Å². The first kappa shape index (κ1) is 12.4. The van der Waals surface area contributed by atoms with Gasteiger partial charge in [0.1, 0.15) is 4.88 Å². The van der Waals surface area contributed by atoms with Crippen LogP contribution < -0.4 is 11.1 Å². The summed E-state index contributed by atoms with van der Waals surface area (Å²) in [5.74, 6) is 0.607. The number of hydrogen-bond donors (Lipinski definition) is 2. The number of hydrogen-bond acceptors (Lipinski definition) is 4. The van der Waals surface area contributed by atoms with Crippen molar-refractivity contribution in [3.8, 4) is 0 Å². The lowest BCUT2D eigenvalue weighted by molar-refractivity contribution is 0.0949. The van der Waals surface area contributed by atoms with Gasteiger partial charge in [-0.3, -0.25) is 4.79 Å². The number of carbonyl (C=O) groups is 1. The van der Waals surface area contributed by atoms with Crippen molar-refractivity contribution in [2.24, 2.45) is 5.92 Å². The molecule has 0 aliphatic heterocycles. The largest absolute Gasteiger partial charge is 0.375 e. The summed E-state index contributed by atoms with van der Waals surface area (Å²) in [5.41, 5.74) is 5.50. The molecule has 1 aliphatic rings. The second kappa shape index (κ2) is 6.00. The molecule has 1 aliphatic carbocycles. The Balaban J connectivity index is 1.79. The standard InChI is InChI=1S/C12H19N3OS/c13-12-15-8-10(17-12)11(16)14-7-9-5-3-1-2-4-6-9/h8-9H,1-7H2,(H2,13,15)(H,14,16). The van der Waals surface area contributed by atoms with Gasteiger partial charge in [-0.2, -0.15) is 0 Å². The highest BCUT2D eigenvalue weighted by Gasteiger charge is 2.15.